The van der Waals surface area contributed by atoms with Crippen LogP contribution in [0.3, 0.4) is 0 Å². The fourth-order valence-electron chi connectivity index (χ4n) is 2.92. The third-order valence-electron chi connectivity index (χ3n) is 4.55. The van der Waals surface area contributed by atoms with Crippen LogP contribution in [0.15, 0.2) is 77.6 Å². The number of aromatic nitrogens is 1. The Morgan fingerprint density at radius 3 is 2.71 bits per heavy atom. The third kappa shape index (κ3) is 6.91. The third-order valence-corrected chi connectivity index (χ3v) is 6.03. The first kappa shape index (κ1) is 26.6. The minimum absolute atomic E-state index is 0.132. The van der Waals surface area contributed by atoms with Crippen molar-refractivity contribution >= 4 is 27.2 Å². The van der Waals surface area contributed by atoms with Gasteiger partial charge in [-0.1, -0.05) is 25.3 Å². The van der Waals surface area contributed by atoms with Crippen LogP contribution in [0.2, 0.25) is 0 Å². The summed E-state index contributed by atoms with van der Waals surface area (Å²) in [4.78, 5) is 24.1. The molecular weight excluding hydrogens is 460 g/mol. The smallest absolute Gasteiger partial charge is 0.323 e. The number of pyridine rings is 2. The van der Waals surface area contributed by atoms with Crippen molar-refractivity contribution in [3.63, 3.8) is 0 Å². The lowest BCUT2D eigenvalue weighted by Gasteiger charge is -2.18. The Morgan fingerprint density at radius 2 is 2.09 bits per heavy atom. The number of aliphatic carboxylic acids is 1. The van der Waals surface area contributed by atoms with Gasteiger partial charge >= 0.3 is 5.97 Å². The molecule has 0 aliphatic heterocycles. The van der Waals surface area contributed by atoms with Gasteiger partial charge in [-0.15, -0.1) is 0 Å². The number of nitrogens with zero attached hydrogens (tertiary/aromatic N) is 1. The number of carboxylic acid groups (broad SMARTS) is 1. The van der Waals surface area contributed by atoms with E-state index in [0.29, 0.717) is 30.0 Å². The molecule has 2 aromatic rings. The van der Waals surface area contributed by atoms with Crippen molar-refractivity contribution in [2.75, 3.05) is 19.7 Å². The van der Waals surface area contributed by atoms with Crippen LogP contribution in [-0.4, -0.2) is 49.6 Å². The molecular formula is C23H28N4O6S. The maximum absolute atomic E-state index is 12.6. The number of allylic oxidation sites excluding steroid dienone is 4. The molecule has 34 heavy (non-hydrogen) atoms. The van der Waals surface area contributed by atoms with Gasteiger partial charge in [0.1, 0.15) is 18.4 Å². The first-order chi connectivity index (χ1) is 16.1. The maximum atomic E-state index is 12.6. The molecule has 2 aromatic heterocycles. The predicted octanol–water partition coefficient (Wildman–Crippen LogP) is 1.22. The number of nitrogens with two attached hydrogens (primary N) is 1. The number of carbonyl (C=O) groups is 1. The maximum Gasteiger partial charge on any atom is 0.323 e. The standard InChI is InChI=1S/C23H28N4O6S/c1-4-6-20(7-5-2)34(31,32)26-21(23(29)30)14-25-16(3)17-12-18-8-9-19(33-11-10-24)15-27(18)22(28)13-17/h4-9,12-13,15,21,25-26H,1,3,10-11,14,24H2,2H3,(H,29,30)/b7-5-,20-6+. The van der Waals surface area contributed by atoms with Crippen molar-refractivity contribution in [1.82, 2.24) is 14.4 Å². The predicted molar refractivity (Wildman–Crippen MR) is 132 cm³/mol. The second kappa shape index (κ2) is 12.0. The Hall–Kier alpha value is -3.67. The van der Waals surface area contributed by atoms with E-state index in [-0.39, 0.29) is 22.7 Å². The molecule has 0 aliphatic carbocycles. The molecule has 1 unspecified atom stereocenters. The fourth-order valence-corrected chi connectivity index (χ4v) is 4.20. The summed E-state index contributed by atoms with van der Waals surface area (Å²) in [5.74, 6) is -0.893. The summed E-state index contributed by atoms with van der Waals surface area (Å²) < 4.78 is 34.1. The molecule has 1 atom stereocenters. The molecule has 182 valence electrons. The molecule has 11 heteroatoms. The van der Waals surface area contributed by atoms with Gasteiger partial charge in [0.25, 0.3) is 5.56 Å². The normalized spacial score (nSPS) is 13.1. The minimum atomic E-state index is -4.12. The zero-order valence-electron chi connectivity index (χ0n) is 18.7. The van der Waals surface area contributed by atoms with Crippen molar-refractivity contribution < 1.29 is 23.1 Å². The van der Waals surface area contributed by atoms with Crippen LogP contribution in [0.4, 0.5) is 0 Å². The Kier molecular flexibility index (Phi) is 9.36. The van der Waals surface area contributed by atoms with Crippen LogP contribution in [0, 0.1) is 0 Å². The quantitative estimate of drug-likeness (QED) is 0.307. The monoisotopic (exact) mass is 488 g/mol. The molecule has 0 radical (unpaired) electrons. The number of sulfonamides is 1. The van der Waals surface area contributed by atoms with Gasteiger partial charge < -0.3 is 20.9 Å². The first-order valence-electron chi connectivity index (χ1n) is 10.3. The average molecular weight is 489 g/mol. The second-order valence-electron chi connectivity index (χ2n) is 7.06. The number of nitrogens with one attached hydrogen (secondary N) is 2. The van der Waals surface area contributed by atoms with Crippen molar-refractivity contribution in [2.45, 2.75) is 13.0 Å². The first-order valence-corrected chi connectivity index (χ1v) is 11.7. The van der Waals surface area contributed by atoms with E-state index >= 15 is 0 Å². The van der Waals surface area contributed by atoms with Gasteiger partial charge in [0.15, 0.2) is 0 Å². The van der Waals surface area contributed by atoms with Gasteiger partial charge in [-0.2, -0.15) is 4.72 Å². The zero-order valence-corrected chi connectivity index (χ0v) is 19.5. The summed E-state index contributed by atoms with van der Waals surface area (Å²) in [7, 11) is -4.12. The zero-order chi connectivity index (χ0) is 25.3. The molecule has 0 amide bonds. The lowest BCUT2D eigenvalue weighted by Crippen LogP contribution is -2.47. The molecule has 5 N–H and O–H groups in total. The number of rotatable bonds is 13. The van der Waals surface area contributed by atoms with E-state index in [9.17, 15) is 23.1 Å². The summed E-state index contributed by atoms with van der Waals surface area (Å²) in [5.41, 5.74) is 6.31. The van der Waals surface area contributed by atoms with E-state index < -0.39 is 22.0 Å². The van der Waals surface area contributed by atoms with Crippen LogP contribution >= 0.6 is 0 Å². The molecule has 0 saturated heterocycles. The van der Waals surface area contributed by atoms with Gasteiger partial charge in [0.05, 0.1) is 11.1 Å². The van der Waals surface area contributed by atoms with Crippen LogP contribution in [-0.2, 0) is 14.8 Å². The molecule has 0 aromatic carbocycles. The van der Waals surface area contributed by atoms with E-state index in [0.717, 1.165) is 0 Å². The number of carboxylic acids is 1. The Bertz CT molecular complexity index is 1290. The van der Waals surface area contributed by atoms with E-state index in [1.165, 1.54) is 34.8 Å². The summed E-state index contributed by atoms with van der Waals surface area (Å²) in [6, 6.07) is 4.89. The summed E-state index contributed by atoms with van der Waals surface area (Å²) in [6.45, 7) is 9.29. The van der Waals surface area contributed by atoms with Gasteiger partial charge in [0, 0.05) is 35.9 Å². The minimum Gasteiger partial charge on any atom is -0.491 e. The molecule has 0 spiro atoms. The Labute approximate surface area is 197 Å². The van der Waals surface area contributed by atoms with Crippen molar-refractivity contribution in [2.24, 2.45) is 5.73 Å². The van der Waals surface area contributed by atoms with E-state index in [1.807, 2.05) is 0 Å². The summed E-state index contributed by atoms with van der Waals surface area (Å²) >= 11 is 0. The fraction of sp³-hybridized carbons (Fsp3) is 0.217. The van der Waals surface area contributed by atoms with E-state index in [4.69, 9.17) is 10.5 Å². The SMILES string of the molecule is C=C/C=C(\C=C/C)S(=O)(=O)NC(CNC(=C)c1cc(=O)n2cc(OCCN)ccc2c1)C(=O)O. The average Bonchev–Trinajstić information content (AvgIpc) is 2.79. The summed E-state index contributed by atoms with van der Waals surface area (Å²) in [5, 5.41) is 12.3. The molecule has 0 saturated carbocycles. The molecule has 2 rings (SSSR count). The van der Waals surface area contributed by atoms with Crippen LogP contribution in [0.1, 0.15) is 12.5 Å². The number of hydrogen-bond donors (Lipinski definition) is 4. The largest absolute Gasteiger partial charge is 0.491 e. The van der Waals surface area contributed by atoms with Crippen LogP contribution in [0.25, 0.3) is 11.2 Å². The highest BCUT2D eigenvalue weighted by Gasteiger charge is 2.26. The summed E-state index contributed by atoms with van der Waals surface area (Å²) in [6.07, 6.45) is 6.92. The van der Waals surface area contributed by atoms with Gasteiger partial charge in [0.2, 0.25) is 10.0 Å². The lowest BCUT2D eigenvalue weighted by molar-refractivity contribution is -0.138. The van der Waals surface area contributed by atoms with Gasteiger partial charge in [-0.25, -0.2) is 8.42 Å². The van der Waals surface area contributed by atoms with E-state index in [2.05, 4.69) is 23.2 Å². The Morgan fingerprint density at radius 1 is 1.35 bits per heavy atom. The molecule has 2 heterocycles. The Balaban J connectivity index is 2.20. The highest BCUT2D eigenvalue weighted by atomic mass is 32.2. The number of fused-ring (bicyclic) bond motifs is 1. The second-order valence-corrected chi connectivity index (χ2v) is 8.77. The van der Waals surface area contributed by atoms with Crippen molar-refractivity contribution in [3.05, 3.63) is 88.7 Å². The van der Waals surface area contributed by atoms with Crippen LogP contribution < -0.4 is 26.1 Å². The van der Waals surface area contributed by atoms with Crippen LogP contribution in [0.5, 0.6) is 5.75 Å². The number of hydrogen-bond acceptors (Lipinski definition) is 7. The van der Waals surface area contributed by atoms with Crippen molar-refractivity contribution in [1.29, 1.82) is 0 Å². The van der Waals surface area contributed by atoms with E-state index in [1.54, 1.807) is 31.3 Å². The highest BCUT2D eigenvalue weighted by Crippen LogP contribution is 2.16. The van der Waals surface area contributed by atoms with Gasteiger partial charge in [-0.3, -0.25) is 14.0 Å². The molecule has 0 fully saturated rings. The molecule has 0 aliphatic rings. The lowest BCUT2D eigenvalue weighted by atomic mass is 10.1. The topological polar surface area (TPSA) is 152 Å². The number of ether oxygens (including phenoxy) is 1. The highest BCUT2D eigenvalue weighted by molar-refractivity contribution is 7.93. The molecule has 0 bridgehead atoms. The molecule has 10 nitrogen and oxygen atoms in total. The van der Waals surface area contributed by atoms with Crippen molar-refractivity contribution in [3.8, 4) is 5.75 Å². The van der Waals surface area contributed by atoms with Gasteiger partial charge in [-0.05, 0) is 37.3 Å².